The fourth-order valence-corrected chi connectivity index (χ4v) is 2.36. The molecular formula is C12H21N5. The Bertz CT molecular complexity index is 372. The van der Waals surface area contributed by atoms with Crippen molar-refractivity contribution in [1.82, 2.24) is 14.9 Å². The maximum Gasteiger partial charge on any atom is 0.132 e. The largest absolute Gasteiger partial charge is 0.350 e. The highest BCUT2D eigenvalue weighted by Crippen LogP contribution is 2.18. The molecule has 1 aromatic heterocycles. The summed E-state index contributed by atoms with van der Waals surface area (Å²) in [7, 11) is 2.14. The molecule has 1 aliphatic heterocycles. The van der Waals surface area contributed by atoms with Crippen molar-refractivity contribution in [2.45, 2.75) is 19.9 Å². The maximum atomic E-state index is 5.86. The van der Waals surface area contributed by atoms with Crippen LogP contribution in [0.2, 0.25) is 0 Å². The van der Waals surface area contributed by atoms with Gasteiger partial charge in [-0.2, -0.15) is 0 Å². The third-order valence-electron chi connectivity index (χ3n) is 3.20. The van der Waals surface area contributed by atoms with Gasteiger partial charge in [0.15, 0.2) is 0 Å². The molecule has 1 unspecified atom stereocenters. The molecule has 94 valence electrons. The predicted molar refractivity (Wildman–Crippen MR) is 69.2 cm³/mol. The zero-order chi connectivity index (χ0) is 12.4. The average Bonchev–Trinajstić information content (AvgIpc) is 2.27. The third-order valence-corrected chi connectivity index (χ3v) is 3.20. The Morgan fingerprint density at radius 2 is 2.12 bits per heavy atom. The van der Waals surface area contributed by atoms with E-state index in [-0.39, 0.29) is 0 Å². The molecule has 0 saturated carbocycles. The molecule has 0 bridgehead atoms. The van der Waals surface area contributed by atoms with Gasteiger partial charge < -0.3 is 15.5 Å². The van der Waals surface area contributed by atoms with Gasteiger partial charge in [0.1, 0.15) is 11.6 Å². The van der Waals surface area contributed by atoms with Gasteiger partial charge in [-0.3, -0.25) is 0 Å². The fourth-order valence-electron chi connectivity index (χ4n) is 2.36. The van der Waals surface area contributed by atoms with E-state index < -0.39 is 0 Å². The predicted octanol–water partition coefficient (Wildman–Crippen LogP) is 0.173. The SMILES string of the molecule is Cc1cc(N2CCN(C)CC2CN)nc(C)n1. The number of piperazine rings is 1. The molecule has 17 heavy (non-hydrogen) atoms. The number of hydrogen-bond acceptors (Lipinski definition) is 5. The second-order valence-electron chi connectivity index (χ2n) is 4.76. The zero-order valence-corrected chi connectivity index (χ0v) is 10.8. The summed E-state index contributed by atoms with van der Waals surface area (Å²) in [5.41, 5.74) is 6.87. The molecule has 2 rings (SSSR count). The quantitative estimate of drug-likeness (QED) is 0.792. The first kappa shape index (κ1) is 12.3. The lowest BCUT2D eigenvalue weighted by Crippen LogP contribution is -2.55. The first-order chi connectivity index (χ1) is 8.10. The Labute approximate surface area is 103 Å². The second kappa shape index (κ2) is 4.98. The van der Waals surface area contributed by atoms with Crippen molar-refractivity contribution in [2.75, 3.05) is 38.1 Å². The molecule has 2 heterocycles. The number of nitrogens with two attached hydrogens (primary N) is 1. The Morgan fingerprint density at radius 3 is 2.76 bits per heavy atom. The molecule has 1 atom stereocenters. The molecule has 0 radical (unpaired) electrons. The molecule has 0 amide bonds. The van der Waals surface area contributed by atoms with Crippen LogP contribution in [-0.4, -0.2) is 54.1 Å². The monoisotopic (exact) mass is 235 g/mol. The Balaban J connectivity index is 2.25. The van der Waals surface area contributed by atoms with Gasteiger partial charge >= 0.3 is 0 Å². The summed E-state index contributed by atoms with van der Waals surface area (Å²) >= 11 is 0. The van der Waals surface area contributed by atoms with Crippen LogP contribution in [-0.2, 0) is 0 Å². The fraction of sp³-hybridized carbons (Fsp3) is 0.667. The van der Waals surface area contributed by atoms with Crippen molar-refractivity contribution in [3.05, 3.63) is 17.6 Å². The van der Waals surface area contributed by atoms with Crippen molar-refractivity contribution < 1.29 is 0 Å². The Morgan fingerprint density at radius 1 is 1.35 bits per heavy atom. The first-order valence-electron chi connectivity index (χ1n) is 6.07. The average molecular weight is 235 g/mol. The molecule has 0 spiro atoms. The number of rotatable bonds is 2. The van der Waals surface area contributed by atoms with Gasteiger partial charge in [0.05, 0.1) is 6.04 Å². The van der Waals surface area contributed by atoms with Crippen LogP contribution in [0.15, 0.2) is 6.07 Å². The van der Waals surface area contributed by atoms with Crippen LogP contribution in [0.25, 0.3) is 0 Å². The number of aryl methyl sites for hydroxylation is 2. The van der Waals surface area contributed by atoms with E-state index in [9.17, 15) is 0 Å². The van der Waals surface area contributed by atoms with Crippen molar-refractivity contribution in [2.24, 2.45) is 5.73 Å². The number of likely N-dealkylation sites (N-methyl/N-ethyl adjacent to an activating group) is 1. The van der Waals surface area contributed by atoms with Gasteiger partial charge in [0.25, 0.3) is 0 Å². The lowest BCUT2D eigenvalue weighted by Gasteiger charge is -2.40. The second-order valence-corrected chi connectivity index (χ2v) is 4.76. The van der Waals surface area contributed by atoms with Gasteiger partial charge in [0, 0.05) is 37.9 Å². The molecule has 5 heteroatoms. The topological polar surface area (TPSA) is 58.3 Å². The first-order valence-corrected chi connectivity index (χ1v) is 6.07. The van der Waals surface area contributed by atoms with E-state index in [2.05, 4.69) is 26.8 Å². The molecule has 1 fully saturated rings. The summed E-state index contributed by atoms with van der Waals surface area (Å²) < 4.78 is 0. The number of nitrogens with zero attached hydrogens (tertiary/aromatic N) is 4. The van der Waals surface area contributed by atoms with Crippen LogP contribution in [0.3, 0.4) is 0 Å². The molecule has 5 nitrogen and oxygen atoms in total. The van der Waals surface area contributed by atoms with Crippen LogP contribution in [0.1, 0.15) is 11.5 Å². The Hall–Kier alpha value is -1.20. The minimum atomic E-state index is 0.349. The van der Waals surface area contributed by atoms with Crippen molar-refractivity contribution in [3.8, 4) is 0 Å². The molecule has 1 saturated heterocycles. The maximum absolute atomic E-state index is 5.86. The highest BCUT2D eigenvalue weighted by molar-refractivity contribution is 5.42. The highest BCUT2D eigenvalue weighted by atomic mass is 15.3. The van der Waals surface area contributed by atoms with E-state index in [1.807, 2.05) is 19.9 Å². The summed E-state index contributed by atoms with van der Waals surface area (Å²) in [4.78, 5) is 13.5. The summed E-state index contributed by atoms with van der Waals surface area (Å²) in [6, 6.07) is 2.39. The van der Waals surface area contributed by atoms with Crippen molar-refractivity contribution in [1.29, 1.82) is 0 Å². The summed E-state index contributed by atoms with van der Waals surface area (Å²) in [6.07, 6.45) is 0. The molecule has 2 N–H and O–H groups in total. The van der Waals surface area contributed by atoms with Crippen molar-refractivity contribution in [3.63, 3.8) is 0 Å². The lowest BCUT2D eigenvalue weighted by atomic mass is 10.1. The van der Waals surface area contributed by atoms with E-state index in [1.165, 1.54) is 0 Å². The van der Waals surface area contributed by atoms with Crippen LogP contribution in [0.4, 0.5) is 5.82 Å². The third kappa shape index (κ3) is 2.73. The number of hydrogen-bond donors (Lipinski definition) is 1. The van der Waals surface area contributed by atoms with Crippen molar-refractivity contribution >= 4 is 5.82 Å². The number of aromatic nitrogens is 2. The van der Waals surface area contributed by atoms with Crippen LogP contribution in [0.5, 0.6) is 0 Å². The number of anilines is 1. The van der Waals surface area contributed by atoms with E-state index in [0.29, 0.717) is 12.6 Å². The van der Waals surface area contributed by atoms with Gasteiger partial charge in [-0.15, -0.1) is 0 Å². The van der Waals surface area contributed by atoms with Gasteiger partial charge in [0.2, 0.25) is 0 Å². The summed E-state index contributed by atoms with van der Waals surface area (Å²) in [6.45, 7) is 7.63. The normalized spacial score (nSPS) is 21.9. The van der Waals surface area contributed by atoms with Crippen LogP contribution >= 0.6 is 0 Å². The van der Waals surface area contributed by atoms with Gasteiger partial charge in [-0.25, -0.2) is 9.97 Å². The minimum absolute atomic E-state index is 0.349. The zero-order valence-electron chi connectivity index (χ0n) is 10.8. The molecule has 1 aliphatic rings. The van der Waals surface area contributed by atoms with Gasteiger partial charge in [-0.05, 0) is 20.9 Å². The van der Waals surface area contributed by atoms with E-state index in [0.717, 1.165) is 37.0 Å². The lowest BCUT2D eigenvalue weighted by molar-refractivity contribution is 0.268. The van der Waals surface area contributed by atoms with Crippen LogP contribution in [0, 0.1) is 13.8 Å². The molecule has 1 aromatic rings. The Kier molecular flexibility index (Phi) is 3.59. The van der Waals surface area contributed by atoms with E-state index in [1.54, 1.807) is 0 Å². The van der Waals surface area contributed by atoms with E-state index in [4.69, 9.17) is 5.73 Å². The smallest absolute Gasteiger partial charge is 0.132 e. The molecule has 0 aromatic carbocycles. The summed E-state index contributed by atoms with van der Waals surface area (Å²) in [5, 5.41) is 0. The highest BCUT2D eigenvalue weighted by Gasteiger charge is 2.25. The van der Waals surface area contributed by atoms with Gasteiger partial charge in [-0.1, -0.05) is 0 Å². The van der Waals surface area contributed by atoms with E-state index >= 15 is 0 Å². The minimum Gasteiger partial charge on any atom is -0.350 e. The summed E-state index contributed by atoms with van der Waals surface area (Å²) in [5.74, 6) is 1.84. The molecular weight excluding hydrogens is 214 g/mol. The standard InChI is InChI=1S/C12H21N5/c1-9-6-12(15-10(2)14-9)17-5-4-16(3)8-11(17)7-13/h6,11H,4-5,7-8,13H2,1-3H3. The van der Waals surface area contributed by atoms with Crippen LogP contribution < -0.4 is 10.6 Å². The molecule has 0 aliphatic carbocycles.